The molecule has 0 aliphatic carbocycles. The van der Waals surface area contributed by atoms with Crippen LogP contribution in [0.15, 0.2) is 30.5 Å². The minimum absolute atomic E-state index is 0.197. The maximum absolute atomic E-state index is 12.5. The molecule has 2 N–H and O–H groups in total. The summed E-state index contributed by atoms with van der Waals surface area (Å²) in [6.45, 7) is 1.66. The number of ether oxygens (including phenoxy) is 1. The lowest BCUT2D eigenvalue weighted by atomic mass is 9.97. The van der Waals surface area contributed by atoms with Crippen LogP contribution in [0.4, 0.5) is 18.3 Å². The van der Waals surface area contributed by atoms with Gasteiger partial charge < -0.3 is 10.1 Å². The number of nitrogens with one attached hydrogen (secondary N) is 2. The fraction of sp³-hybridized carbons (Fsp3) is 0.412. The van der Waals surface area contributed by atoms with Crippen LogP contribution in [-0.4, -0.2) is 30.6 Å². The van der Waals surface area contributed by atoms with Crippen LogP contribution in [0.3, 0.4) is 0 Å². The predicted octanol–water partition coefficient (Wildman–Crippen LogP) is 3.65. The van der Waals surface area contributed by atoms with Crippen LogP contribution in [0.5, 0.6) is 5.75 Å². The van der Waals surface area contributed by atoms with Gasteiger partial charge in [-0.1, -0.05) is 0 Å². The highest BCUT2D eigenvalue weighted by atomic mass is 32.1. The van der Waals surface area contributed by atoms with Gasteiger partial charge in [0.1, 0.15) is 5.75 Å². The van der Waals surface area contributed by atoms with Gasteiger partial charge in [0.25, 0.3) is 5.91 Å². The minimum atomic E-state index is -4.40. The molecule has 3 rings (SSSR count). The SMILES string of the molecule is O=C(COc1ccc(C(F)(F)F)cc1)Nc1ncc(C2CCNCC2)s1. The number of rotatable bonds is 5. The van der Waals surface area contributed by atoms with Crippen molar-refractivity contribution in [1.82, 2.24) is 10.3 Å². The topological polar surface area (TPSA) is 63.2 Å². The van der Waals surface area contributed by atoms with Gasteiger partial charge in [0.15, 0.2) is 11.7 Å². The molecule has 1 amide bonds. The van der Waals surface area contributed by atoms with Crippen molar-refractivity contribution in [2.45, 2.75) is 24.9 Å². The lowest BCUT2D eigenvalue weighted by Gasteiger charge is -2.20. The number of carbonyl (C=O) groups is 1. The molecule has 1 saturated heterocycles. The number of amides is 1. The van der Waals surface area contributed by atoms with Crippen molar-refractivity contribution < 1.29 is 22.7 Å². The van der Waals surface area contributed by atoms with Crippen molar-refractivity contribution >= 4 is 22.4 Å². The molecule has 0 unspecified atom stereocenters. The van der Waals surface area contributed by atoms with Gasteiger partial charge in [0.2, 0.25) is 0 Å². The second-order valence-electron chi connectivity index (χ2n) is 5.95. The number of piperidine rings is 1. The van der Waals surface area contributed by atoms with Gasteiger partial charge in [-0.25, -0.2) is 4.98 Å². The molecular formula is C17H18F3N3O2S. The Morgan fingerprint density at radius 2 is 1.96 bits per heavy atom. The average Bonchev–Trinajstić information content (AvgIpc) is 3.09. The first-order valence-corrected chi connectivity index (χ1v) is 9.00. The lowest BCUT2D eigenvalue weighted by Crippen LogP contribution is -2.26. The highest BCUT2D eigenvalue weighted by Gasteiger charge is 2.30. The Morgan fingerprint density at radius 1 is 1.27 bits per heavy atom. The number of anilines is 1. The summed E-state index contributed by atoms with van der Waals surface area (Å²) in [5, 5.41) is 6.46. The van der Waals surface area contributed by atoms with Crippen molar-refractivity contribution in [3.8, 4) is 5.75 Å². The molecule has 1 aliphatic rings. The number of thiazole rings is 1. The van der Waals surface area contributed by atoms with E-state index in [0.717, 1.165) is 42.9 Å². The van der Waals surface area contributed by atoms with Crippen molar-refractivity contribution in [2.24, 2.45) is 0 Å². The molecule has 9 heteroatoms. The van der Waals surface area contributed by atoms with Crippen LogP contribution in [0, 0.1) is 0 Å². The van der Waals surface area contributed by atoms with Crippen LogP contribution in [0.1, 0.15) is 29.2 Å². The van der Waals surface area contributed by atoms with Crippen molar-refractivity contribution in [3.05, 3.63) is 40.9 Å². The van der Waals surface area contributed by atoms with Crippen LogP contribution in [0.25, 0.3) is 0 Å². The number of carbonyl (C=O) groups excluding carboxylic acids is 1. The molecule has 1 aliphatic heterocycles. The van der Waals surface area contributed by atoms with Gasteiger partial charge in [0.05, 0.1) is 5.56 Å². The third kappa shape index (κ3) is 4.95. The van der Waals surface area contributed by atoms with Gasteiger partial charge in [-0.05, 0) is 56.1 Å². The summed E-state index contributed by atoms with van der Waals surface area (Å²) < 4.78 is 42.7. The number of aromatic nitrogens is 1. The van der Waals surface area contributed by atoms with Gasteiger partial charge in [-0.15, -0.1) is 11.3 Å². The first-order valence-electron chi connectivity index (χ1n) is 8.18. The maximum Gasteiger partial charge on any atom is 0.416 e. The number of hydrogen-bond acceptors (Lipinski definition) is 5. The second kappa shape index (κ2) is 8.05. The van der Waals surface area contributed by atoms with Crippen molar-refractivity contribution in [3.63, 3.8) is 0 Å². The average molecular weight is 385 g/mol. The van der Waals surface area contributed by atoms with Gasteiger partial charge in [0, 0.05) is 11.1 Å². The second-order valence-corrected chi connectivity index (χ2v) is 7.01. The Balaban J connectivity index is 1.49. The number of hydrogen-bond donors (Lipinski definition) is 2. The lowest BCUT2D eigenvalue weighted by molar-refractivity contribution is -0.137. The maximum atomic E-state index is 12.5. The summed E-state index contributed by atoms with van der Waals surface area (Å²) in [4.78, 5) is 17.3. The summed E-state index contributed by atoms with van der Waals surface area (Å²) in [5.74, 6) is 0.251. The summed E-state index contributed by atoms with van der Waals surface area (Å²) >= 11 is 1.44. The smallest absolute Gasteiger partial charge is 0.416 e. The Morgan fingerprint density at radius 3 is 2.62 bits per heavy atom. The predicted molar refractivity (Wildman–Crippen MR) is 92.5 cm³/mol. The fourth-order valence-corrected chi connectivity index (χ4v) is 3.69. The molecule has 1 aromatic carbocycles. The van der Waals surface area contributed by atoms with E-state index in [2.05, 4.69) is 15.6 Å². The Kier molecular flexibility index (Phi) is 5.77. The zero-order valence-corrected chi connectivity index (χ0v) is 14.6. The zero-order chi connectivity index (χ0) is 18.6. The van der Waals surface area contributed by atoms with Gasteiger partial charge in [-0.3, -0.25) is 10.1 Å². The van der Waals surface area contributed by atoms with E-state index in [9.17, 15) is 18.0 Å². The molecular weight excluding hydrogens is 367 g/mol. The van der Waals surface area contributed by atoms with Gasteiger partial charge in [-0.2, -0.15) is 13.2 Å². The largest absolute Gasteiger partial charge is 0.484 e. The first kappa shape index (κ1) is 18.7. The molecule has 1 fully saturated rings. The minimum Gasteiger partial charge on any atom is -0.484 e. The van der Waals surface area contributed by atoms with Gasteiger partial charge >= 0.3 is 6.18 Å². The van der Waals surface area contributed by atoms with E-state index < -0.39 is 17.6 Å². The summed E-state index contributed by atoms with van der Waals surface area (Å²) in [6, 6.07) is 4.21. The van der Waals surface area contributed by atoms with Crippen LogP contribution < -0.4 is 15.4 Å². The van der Waals surface area contributed by atoms with E-state index in [0.29, 0.717) is 11.0 Å². The van der Waals surface area contributed by atoms with Crippen LogP contribution in [-0.2, 0) is 11.0 Å². The van der Waals surface area contributed by atoms with E-state index in [-0.39, 0.29) is 12.4 Å². The third-order valence-corrected chi connectivity index (χ3v) is 5.14. The Labute approximate surface area is 152 Å². The van der Waals surface area contributed by atoms with E-state index in [1.165, 1.54) is 23.5 Å². The molecule has 2 heterocycles. The molecule has 0 spiro atoms. The molecule has 1 aromatic heterocycles. The Hall–Kier alpha value is -2.13. The molecule has 5 nitrogen and oxygen atoms in total. The third-order valence-electron chi connectivity index (χ3n) is 4.06. The molecule has 26 heavy (non-hydrogen) atoms. The quantitative estimate of drug-likeness (QED) is 0.825. The number of benzene rings is 1. The molecule has 0 saturated carbocycles. The number of nitrogens with zero attached hydrogens (tertiary/aromatic N) is 1. The number of alkyl halides is 3. The highest BCUT2D eigenvalue weighted by molar-refractivity contribution is 7.15. The van der Waals surface area contributed by atoms with E-state index >= 15 is 0 Å². The van der Waals surface area contributed by atoms with Crippen LogP contribution in [0.2, 0.25) is 0 Å². The summed E-state index contributed by atoms with van der Waals surface area (Å²) in [5.41, 5.74) is -0.762. The molecule has 0 radical (unpaired) electrons. The number of halogens is 3. The van der Waals surface area contributed by atoms with E-state index in [1.807, 2.05) is 0 Å². The molecule has 140 valence electrons. The Bertz CT molecular complexity index is 740. The molecule has 2 aromatic rings. The fourth-order valence-electron chi connectivity index (χ4n) is 2.68. The van der Waals surface area contributed by atoms with Crippen molar-refractivity contribution in [1.29, 1.82) is 0 Å². The highest BCUT2D eigenvalue weighted by Crippen LogP contribution is 2.32. The normalized spacial score (nSPS) is 15.7. The monoisotopic (exact) mass is 385 g/mol. The molecule has 0 atom stereocenters. The van der Waals surface area contributed by atoms with E-state index in [4.69, 9.17) is 4.74 Å². The summed E-state index contributed by atoms with van der Waals surface area (Å²) in [7, 11) is 0. The van der Waals surface area contributed by atoms with Crippen molar-refractivity contribution in [2.75, 3.05) is 25.0 Å². The first-order chi connectivity index (χ1) is 12.4. The zero-order valence-electron chi connectivity index (χ0n) is 13.8. The standard InChI is InChI=1S/C17H18F3N3O2S/c18-17(19,20)12-1-3-13(4-2-12)25-10-15(24)23-16-22-9-14(26-16)11-5-7-21-8-6-11/h1-4,9,11,21H,5-8,10H2,(H,22,23,24). The van der Waals surface area contributed by atoms with E-state index in [1.54, 1.807) is 6.20 Å². The summed E-state index contributed by atoms with van der Waals surface area (Å²) in [6.07, 6.45) is -0.515. The van der Waals surface area contributed by atoms with Crippen LogP contribution >= 0.6 is 11.3 Å². The molecule has 0 bridgehead atoms.